The van der Waals surface area contributed by atoms with Crippen LogP contribution in [0.4, 0.5) is 0 Å². The Bertz CT molecular complexity index is 739. The third-order valence-corrected chi connectivity index (χ3v) is 5.29. The van der Waals surface area contributed by atoms with E-state index in [4.69, 9.17) is 13.7 Å². The molecule has 1 spiro atoms. The second kappa shape index (κ2) is 6.89. The highest BCUT2D eigenvalue weighted by Gasteiger charge is 2.49. The number of hydrogen-bond donors (Lipinski definition) is 0. The van der Waals surface area contributed by atoms with E-state index in [9.17, 15) is 4.79 Å². The molecule has 2 aromatic heterocycles. The molecule has 0 aromatic carbocycles. The first-order chi connectivity index (χ1) is 12.5. The van der Waals surface area contributed by atoms with Gasteiger partial charge in [-0.05, 0) is 44.9 Å². The number of amides is 1. The standard InChI is InChI=1S/C19H25N3O4/c1-14-8-17(26-20-14)18(23)22-12-19(13-22)6-5-15(11-25-19)9-21(2)10-16-4-3-7-24-16/h3-4,7-8,15H,5-6,9-13H2,1-2H3/t15-/m1/s1. The maximum atomic E-state index is 12.3. The first-order valence-corrected chi connectivity index (χ1v) is 9.10. The molecule has 7 nitrogen and oxygen atoms in total. The van der Waals surface area contributed by atoms with Crippen LogP contribution >= 0.6 is 0 Å². The van der Waals surface area contributed by atoms with Gasteiger partial charge >= 0.3 is 0 Å². The number of carbonyl (C=O) groups excluding carboxylic acids is 1. The van der Waals surface area contributed by atoms with Crippen LogP contribution in [0, 0.1) is 12.8 Å². The van der Waals surface area contributed by atoms with Gasteiger partial charge in [0.15, 0.2) is 0 Å². The molecule has 1 amide bonds. The Morgan fingerprint density at radius 3 is 2.92 bits per heavy atom. The smallest absolute Gasteiger partial charge is 0.292 e. The summed E-state index contributed by atoms with van der Waals surface area (Å²) in [6.45, 7) is 5.63. The largest absolute Gasteiger partial charge is 0.468 e. The number of nitrogens with zero attached hydrogens (tertiary/aromatic N) is 3. The summed E-state index contributed by atoms with van der Waals surface area (Å²) in [6, 6.07) is 5.60. The highest BCUT2D eigenvalue weighted by Crippen LogP contribution is 2.37. The maximum absolute atomic E-state index is 12.3. The van der Waals surface area contributed by atoms with E-state index >= 15 is 0 Å². The fraction of sp³-hybridized carbons (Fsp3) is 0.579. The summed E-state index contributed by atoms with van der Waals surface area (Å²) in [4.78, 5) is 16.4. The number of rotatable bonds is 5. The monoisotopic (exact) mass is 359 g/mol. The molecule has 2 aromatic rings. The van der Waals surface area contributed by atoms with E-state index in [1.165, 1.54) is 0 Å². The zero-order valence-electron chi connectivity index (χ0n) is 15.3. The third-order valence-electron chi connectivity index (χ3n) is 5.29. The van der Waals surface area contributed by atoms with Crippen LogP contribution in [0.3, 0.4) is 0 Å². The molecular weight excluding hydrogens is 334 g/mol. The Hall–Kier alpha value is -2.12. The van der Waals surface area contributed by atoms with Crippen LogP contribution in [0.1, 0.15) is 34.9 Å². The second-order valence-corrected chi connectivity index (χ2v) is 7.67. The van der Waals surface area contributed by atoms with Crippen molar-refractivity contribution in [3.8, 4) is 0 Å². The molecule has 0 N–H and O–H groups in total. The van der Waals surface area contributed by atoms with Crippen molar-refractivity contribution in [3.63, 3.8) is 0 Å². The summed E-state index contributed by atoms with van der Waals surface area (Å²) in [5.41, 5.74) is 0.555. The van der Waals surface area contributed by atoms with Crippen molar-refractivity contribution in [2.24, 2.45) is 5.92 Å². The summed E-state index contributed by atoms with van der Waals surface area (Å²) in [6.07, 6.45) is 3.82. The number of furan rings is 1. The number of ether oxygens (including phenoxy) is 1. The number of likely N-dealkylation sites (tertiary alicyclic amines) is 1. The van der Waals surface area contributed by atoms with Gasteiger partial charge in [-0.2, -0.15) is 0 Å². The van der Waals surface area contributed by atoms with E-state index in [2.05, 4.69) is 17.1 Å². The highest BCUT2D eigenvalue weighted by atomic mass is 16.5. The van der Waals surface area contributed by atoms with Crippen molar-refractivity contribution >= 4 is 5.91 Å². The summed E-state index contributed by atoms with van der Waals surface area (Å²) >= 11 is 0. The fourth-order valence-corrected chi connectivity index (χ4v) is 3.90. The lowest BCUT2D eigenvalue weighted by Crippen LogP contribution is -2.66. The second-order valence-electron chi connectivity index (χ2n) is 7.67. The van der Waals surface area contributed by atoms with E-state index in [1.54, 1.807) is 17.2 Å². The van der Waals surface area contributed by atoms with Gasteiger partial charge in [-0.3, -0.25) is 9.69 Å². The molecular formula is C19H25N3O4. The lowest BCUT2D eigenvalue weighted by molar-refractivity contribution is -0.168. The summed E-state index contributed by atoms with van der Waals surface area (Å²) < 4.78 is 16.7. The molecule has 0 bridgehead atoms. The Balaban J connectivity index is 1.22. The first-order valence-electron chi connectivity index (χ1n) is 9.10. The Labute approximate surface area is 152 Å². The fourth-order valence-electron chi connectivity index (χ4n) is 3.90. The van der Waals surface area contributed by atoms with Gasteiger partial charge < -0.3 is 18.6 Å². The number of carbonyl (C=O) groups is 1. The normalized spacial score (nSPS) is 22.0. The van der Waals surface area contributed by atoms with Crippen molar-refractivity contribution in [2.75, 3.05) is 33.3 Å². The minimum atomic E-state index is -0.166. The topological polar surface area (TPSA) is 72.0 Å². The van der Waals surface area contributed by atoms with E-state index in [0.717, 1.165) is 44.0 Å². The minimum Gasteiger partial charge on any atom is -0.468 e. The van der Waals surface area contributed by atoms with Crippen molar-refractivity contribution < 1.29 is 18.5 Å². The molecule has 140 valence electrons. The maximum Gasteiger partial charge on any atom is 0.292 e. The molecule has 0 radical (unpaired) electrons. The Morgan fingerprint density at radius 2 is 2.31 bits per heavy atom. The number of aryl methyl sites for hydroxylation is 1. The number of hydrogen-bond acceptors (Lipinski definition) is 6. The van der Waals surface area contributed by atoms with Crippen LogP contribution in [-0.2, 0) is 11.3 Å². The van der Waals surface area contributed by atoms with E-state index < -0.39 is 0 Å². The molecule has 4 rings (SSSR count). The van der Waals surface area contributed by atoms with Crippen molar-refractivity contribution in [1.29, 1.82) is 0 Å². The van der Waals surface area contributed by atoms with Gasteiger partial charge in [-0.25, -0.2) is 0 Å². The van der Waals surface area contributed by atoms with Crippen molar-refractivity contribution in [2.45, 2.75) is 31.9 Å². The molecule has 1 atom stereocenters. The average molecular weight is 359 g/mol. The van der Waals surface area contributed by atoms with Gasteiger partial charge in [0, 0.05) is 12.6 Å². The van der Waals surface area contributed by atoms with Gasteiger partial charge in [-0.15, -0.1) is 0 Å². The summed E-state index contributed by atoms with van der Waals surface area (Å²) in [5, 5.41) is 3.78. The molecule has 0 unspecified atom stereocenters. The van der Waals surface area contributed by atoms with Crippen LogP contribution in [-0.4, -0.2) is 59.8 Å². The summed E-state index contributed by atoms with van der Waals surface area (Å²) in [7, 11) is 2.11. The van der Waals surface area contributed by atoms with E-state index in [-0.39, 0.29) is 11.5 Å². The zero-order chi connectivity index (χ0) is 18.1. The predicted octanol–water partition coefficient (Wildman–Crippen LogP) is 2.33. The molecule has 7 heteroatoms. The van der Waals surface area contributed by atoms with Crippen molar-refractivity contribution in [1.82, 2.24) is 15.0 Å². The first kappa shape index (κ1) is 17.3. The van der Waals surface area contributed by atoms with Crippen LogP contribution in [0.25, 0.3) is 0 Å². The molecule has 0 aliphatic carbocycles. The van der Waals surface area contributed by atoms with E-state index in [1.807, 2.05) is 19.1 Å². The zero-order valence-corrected chi connectivity index (χ0v) is 15.3. The molecule has 2 aliphatic heterocycles. The highest BCUT2D eigenvalue weighted by molar-refractivity contribution is 5.92. The Kier molecular flexibility index (Phi) is 4.58. The van der Waals surface area contributed by atoms with Gasteiger partial charge in [0.25, 0.3) is 5.91 Å². The van der Waals surface area contributed by atoms with Crippen LogP contribution < -0.4 is 0 Å². The van der Waals surface area contributed by atoms with Crippen LogP contribution in [0.5, 0.6) is 0 Å². The van der Waals surface area contributed by atoms with Gasteiger partial charge in [-0.1, -0.05) is 5.16 Å². The average Bonchev–Trinajstić information content (AvgIpc) is 3.24. The molecule has 4 heterocycles. The van der Waals surface area contributed by atoms with Gasteiger partial charge in [0.05, 0.1) is 38.2 Å². The third kappa shape index (κ3) is 3.54. The van der Waals surface area contributed by atoms with Crippen molar-refractivity contribution in [3.05, 3.63) is 41.7 Å². The quantitative estimate of drug-likeness (QED) is 0.816. The molecule has 2 aliphatic rings. The lowest BCUT2D eigenvalue weighted by atomic mass is 9.82. The Morgan fingerprint density at radius 1 is 1.46 bits per heavy atom. The number of aromatic nitrogens is 1. The SMILES string of the molecule is Cc1cc(C(=O)N2CC3(CC[C@H](CN(C)Cc4ccco4)CO3)C2)on1. The summed E-state index contributed by atoms with van der Waals surface area (Å²) in [5.74, 6) is 1.71. The predicted molar refractivity (Wildman–Crippen MR) is 93.6 cm³/mol. The van der Waals surface area contributed by atoms with E-state index in [0.29, 0.717) is 24.8 Å². The molecule has 2 saturated heterocycles. The minimum absolute atomic E-state index is 0.0971. The van der Waals surface area contributed by atoms with Gasteiger partial charge in [0.2, 0.25) is 5.76 Å². The van der Waals surface area contributed by atoms with Crippen LogP contribution in [0.2, 0.25) is 0 Å². The van der Waals surface area contributed by atoms with Gasteiger partial charge in [0.1, 0.15) is 11.4 Å². The lowest BCUT2D eigenvalue weighted by Gasteiger charge is -2.52. The van der Waals surface area contributed by atoms with Crippen LogP contribution in [0.15, 0.2) is 33.4 Å². The molecule has 26 heavy (non-hydrogen) atoms. The molecule has 2 fully saturated rings. The molecule has 0 saturated carbocycles.